The second-order valence-electron chi connectivity index (χ2n) is 9.92. The first-order valence-electron chi connectivity index (χ1n) is 14.0. The van der Waals surface area contributed by atoms with E-state index < -0.39 is 6.10 Å². The topological polar surface area (TPSA) is 117 Å². The van der Waals surface area contributed by atoms with Gasteiger partial charge in [-0.3, -0.25) is 4.98 Å². The number of nitrogens with one attached hydrogen (secondary N) is 1. The van der Waals surface area contributed by atoms with Gasteiger partial charge < -0.3 is 29.7 Å². The van der Waals surface area contributed by atoms with E-state index in [9.17, 15) is 10.4 Å². The van der Waals surface area contributed by atoms with Gasteiger partial charge in [0.25, 0.3) is 0 Å². The highest BCUT2D eigenvalue weighted by atomic mass is 35.5. The lowest BCUT2D eigenvalue weighted by Crippen LogP contribution is -2.29. The Labute approximate surface area is 282 Å². The molecular weight excluding hydrogens is 660 g/mol. The van der Waals surface area contributed by atoms with E-state index in [2.05, 4.69) is 16.4 Å². The number of alkyl halides is 1. The lowest BCUT2D eigenvalue weighted by Gasteiger charge is -2.18. The van der Waals surface area contributed by atoms with Gasteiger partial charge in [-0.2, -0.15) is 5.26 Å². The Balaban J connectivity index is 1.55. The fourth-order valence-electron chi connectivity index (χ4n) is 4.31. The number of nitrogens with zero attached hydrogens (tertiary/aromatic N) is 2. The molecule has 0 bridgehead atoms. The third kappa shape index (κ3) is 9.62. The molecule has 45 heavy (non-hydrogen) atoms. The van der Waals surface area contributed by atoms with E-state index in [0.717, 1.165) is 11.1 Å². The summed E-state index contributed by atoms with van der Waals surface area (Å²) in [5.41, 5.74) is 3.98. The Morgan fingerprint density at radius 2 is 1.62 bits per heavy atom. The predicted octanol–water partition coefficient (Wildman–Crippen LogP) is 7.19. The average Bonchev–Trinajstić information content (AvgIpc) is 3.05. The maximum Gasteiger partial charge on any atom is 0.142 e. The molecule has 1 heterocycles. The molecule has 0 aliphatic heterocycles. The average molecular weight is 691 g/mol. The molecule has 3 N–H and O–H groups in total. The number of halogens is 4. The number of hydrogen-bond donors (Lipinski definition) is 3. The highest BCUT2D eigenvalue weighted by Crippen LogP contribution is 2.40. The minimum absolute atomic E-state index is 0.101. The number of benzene rings is 3. The highest BCUT2D eigenvalue weighted by Gasteiger charge is 2.17. The summed E-state index contributed by atoms with van der Waals surface area (Å²) >= 11 is 26.0. The molecule has 0 saturated heterocycles. The van der Waals surface area contributed by atoms with Gasteiger partial charge in [0.05, 0.1) is 39.9 Å². The van der Waals surface area contributed by atoms with Gasteiger partial charge in [0.2, 0.25) is 0 Å². The van der Waals surface area contributed by atoms with E-state index in [0.29, 0.717) is 80.0 Å². The zero-order valence-electron chi connectivity index (χ0n) is 24.1. The number of hydrogen-bond acceptors (Lipinski definition) is 8. The quantitative estimate of drug-likeness (QED) is 0.0836. The molecule has 0 aliphatic rings. The molecule has 0 saturated carbocycles. The second-order valence-corrected chi connectivity index (χ2v) is 11.5. The van der Waals surface area contributed by atoms with Crippen LogP contribution in [0.1, 0.15) is 28.7 Å². The highest BCUT2D eigenvalue weighted by molar-refractivity contribution is 6.37. The van der Waals surface area contributed by atoms with Crippen molar-refractivity contribution >= 4 is 46.4 Å². The van der Waals surface area contributed by atoms with Crippen molar-refractivity contribution in [2.45, 2.75) is 32.3 Å². The lowest BCUT2D eigenvalue weighted by molar-refractivity contribution is 0.0941. The van der Waals surface area contributed by atoms with E-state index in [4.69, 9.17) is 65.7 Å². The predicted molar refractivity (Wildman–Crippen MR) is 177 cm³/mol. The number of rotatable bonds is 16. The summed E-state index contributed by atoms with van der Waals surface area (Å²) in [5.74, 6) is 1.88. The Hall–Kier alpha value is -3.26. The van der Waals surface area contributed by atoms with Crippen molar-refractivity contribution in [2.75, 3.05) is 25.6 Å². The van der Waals surface area contributed by atoms with Gasteiger partial charge in [0.15, 0.2) is 0 Å². The van der Waals surface area contributed by atoms with Crippen LogP contribution in [0.2, 0.25) is 15.1 Å². The monoisotopic (exact) mass is 689 g/mol. The summed E-state index contributed by atoms with van der Waals surface area (Å²) in [6.45, 7) is 0.787. The molecule has 3 aromatic carbocycles. The third-order valence-corrected chi connectivity index (χ3v) is 7.99. The molecule has 0 amide bonds. The molecule has 0 spiro atoms. The Bertz CT molecular complexity index is 1630. The van der Waals surface area contributed by atoms with Gasteiger partial charge in [0, 0.05) is 65.2 Å². The van der Waals surface area contributed by atoms with Crippen LogP contribution in [0.25, 0.3) is 11.1 Å². The summed E-state index contributed by atoms with van der Waals surface area (Å²) in [6, 6.07) is 18.3. The molecule has 12 heteroatoms. The molecule has 8 nitrogen and oxygen atoms in total. The van der Waals surface area contributed by atoms with Crippen LogP contribution >= 0.6 is 46.4 Å². The fraction of sp³-hybridized carbons (Fsp3) is 0.273. The van der Waals surface area contributed by atoms with Crippen molar-refractivity contribution in [3.05, 3.63) is 104 Å². The molecule has 1 unspecified atom stereocenters. The van der Waals surface area contributed by atoms with Crippen molar-refractivity contribution < 1.29 is 24.4 Å². The molecule has 0 radical (unpaired) electrons. The van der Waals surface area contributed by atoms with Crippen molar-refractivity contribution in [2.24, 2.45) is 0 Å². The Morgan fingerprint density at radius 3 is 2.38 bits per heavy atom. The van der Waals surface area contributed by atoms with Gasteiger partial charge in [0.1, 0.15) is 36.5 Å². The van der Waals surface area contributed by atoms with Crippen LogP contribution in [0, 0.1) is 11.3 Å². The van der Waals surface area contributed by atoms with E-state index in [1.807, 2.05) is 30.3 Å². The molecule has 4 rings (SSSR count). The molecule has 0 aliphatic carbocycles. The van der Waals surface area contributed by atoms with Gasteiger partial charge in [-0.25, -0.2) is 0 Å². The summed E-state index contributed by atoms with van der Waals surface area (Å²) in [5, 5.41) is 32.4. The number of nitriles is 1. The first-order valence-corrected chi connectivity index (χ1v) is 15.7. The van der Waals surface area contributed by atoms with Crippen molar-refractivity contribution in [1.82, 2.24) is 10.3 Å². The third-order valence-electron chi connectivity index (χ3n) is 6.59. The van der Waals surface area contributed by atoms with Gasteiger partial charge in [-0.05, 0) is 24.6 Å². The largest absolute Gasteiger partial charge is 0.492 e. The minimum atomic E-state index is -0.909. The van der Waals surface area contributed by atoms with Crippen LogP contribution in [0.15, 0.2) is 67.0 Å². The molecule has 0 fully saturated rings. The summed E-state index contributed by atoms with van der Waals surface area (Å²) in [4.78, 5) is 4.08. The Morgan fingerprint density at radius 1 is 0.867 bits per heavy atom. The first kappa shape index (κ1) is 34.6. The number of ether oxygens (including phenoxy) is 3. The van der Waals surface area contributed by atoms with Crippen LogP contribution in [0.3, 0.4) is 0 Å². The summed E-state index contributed by atoms with van der Waals surface area (Å²) in [7, 11) is 0. The van der Waals surface area contributed by atoms with Crippen LogP contribution in [-0.2, 0) is 19.8 Å². The van der Waals surface area contributed by atoms with Crippen LogP contribution < -0.4 is 19.5 Å². The minimum Gasteiger partial charge on any atom is -0.492 e. The number of aliphatic hydroxyl groups is 2. The van der Waals surface area contributed by atoms with Crippen molar-refractivity contribution in [3.8, 4) is 34.4 Å². The molecule has 4 aromatic rings. The molecular formula is C33H31Cl4N3O5. The molecule has 1 atom stereocenters. The summed E-state index contributed by atoms with van der Waals surface area (Å²) in [6.07, 6.45) is 2.88. The normalized spacial score (nSPS) is 11.6. The second kappa shape index (κ2) is 17.4. The number of aromatic nitrogens is 1. The van der Waals surface area contributed by atoms with Crippen molar-refractivity contribution in [1.29, 1.82) is 5.26 Å². The smallest absolute Gasteiger partial charge is 0.142 e. The van der Waals surface area contributed by atoms with Crippen LogP contribution in [0.5, 0.6) is 17.2 Å². The summed E-state index contributed by atoms with van der Waals surface area (Å²) < 4.78 is 18.1. The number of pyridine rings is 1. The zero-order valence-corrected chi connectivity index (χ0v) is 27.1. The van der Waals surface area contributed by atoms with Crippen LogP contribution in [0.4, 0.5) is 0 Å². The van der Waals surface area contributed by atoms with E-state index in [1.54, 1.807) is 30.5 Å². The van der Waals surface area contributed by atoms with Gasteiger partial charge >= 0.3 is 0 Å². The first-order chi connectivity index (χ1) is 21.8. The lowest BCUT2D eigenvalue weighted by atomic mass is 10.0. The van der Waals surface area contributed by atoms with E-state index in [-0.39, 0.29) is 26.4 Å². The van der Waals surface area contributed by atoms with E-state index in [1.165, 1.54) is 6.20 Å². The zero-order chi connectivity index (χ0) is 32.2. The van der Waals surface area contributed by atoms with Gasteiger partial charge in [-0.1, -0.05) is 65.1 Å². The van der Waals surface area contributed by atoms with Crippen LogP contribution in [-0.4, -0.2) is 46.9 Å². The molecule has 236 valence electrons. The number of aliphatic hydroxyl groups excluding tert-OH is 2. The van der Waals surface area contributed by atoms with Crippen molar-refractivity contribution in [3.63, 3.8) is 0 Å². The van der Waals surface area contributed by atoms with Gasteiger partial charge in [-0.15, -0.1) is 11.6 Å². The fourth-order valence-corrected chi connectivity index (χ4v) is 5.22. The molecule has 1 aromatic heterocycles. The maximum atomic E-state index is 9.72. The maximum absolute atomic E-state index is 9.72. The van der Waals surface area contributed by atoms with E-state index >= 15 is 0 Å². The standard InChI is InChI=1S/C33H31Cl4N3O5/c34-8-3-9-43-29-7-2-6-27(33(29)37)26-5-1-4-23(32(26)36)20-45-31-12-30(44-19-22-10-21(13-38)14-39-15-22)24(11-28(31)35)16-40-17-25(42)18-41/h1-2,4-7,10-12,14-15,25,40-42H,3,8-9,16-20H2. The Kier molecular flexibility index (Phi) is 13.4. The SMILES string of the molecule is N#Cc1cncc(COc2cc(OCc3cccc(-c4cccc(OCCCCl)c4Cl)c3Cl)c(Cl)cc2CNCC(O)CO)c1.